The Morgan fingerprint density at radius 2 is 2.18 bits per heavy atom. The highest BCUT2D eigenvalue weighted by Crippen LogP contribution is 2.36. The van der Waals surface area contributed by atoms with Crippen LogP contribution in [0.4, 0.5) is 0 Å². The molecule has 2 aromatic heterocycles. The third kappa shape index (κ3) is 3.23. The van der Waals surface area contributed by atoms with Crippen molar-refractivity contribution in [3.8, 4) is 0 Å². The molecule has 1 atom stereocenters. The summed E-state index contributed by atoms with van der Waals surface area (Å²) < 4.78 is 0. The monoisotopic (exact) mass is 334 g/mol. The van der Waals surface area contributed by atoms with Crippen LogP contribution in [0.5, 0.6) is 0 Å². The van der Waals surface area contributed by atoms with Gasteiger partial charge >= 0.3 is 0 Å². The van der Waals surface area contributed by atoms with Gasteiger partial charge in [-0.05, 0) is 42.8 Å². The number of rotatable bonds is 5. The fourth-order valence-electron chi connectivity index (χ4n) is 2.85. The Balaban J connectivity index is 1.66. The second-order valence-corrected chi connectivity index (χ2v) is 7.54. The van der Waals surface area contributed by atoms with Crippen LogP contribution >= 0.6 is 22.7 Å². The summed E-state index contributed by atoms with van der Waals surface area (Å²) in [5.41, 5.74) is 5.31. The number of thiophene rings is 2. The molecular weight excluding hydrogens is 316 g/mol. The van der Waals surface area contributed by atoms with Crippen molar-refractivity contribution in [1.29, 1.82) is 0 Å². The number of amides is 2. The molecule has 22 heavy (non-hydrogen) atoms. The Labute approximate surface area is 137 Å². The maximum atomic E-state index is 12.5. The first-order chi connectivity index (χ1) is 10.6. The maximum Gasteiger partial charge on any atom is 0.258 e. The van der Waals surface area contributed by atoms with Crippen LogP contribution < -0.4 is 5.73 Å². The van der Waals surface area contributed by atoms with E-state index in [2.05, 4.69) is 6.07 Å². The van der Waals surface area contributed by atoms with E-state index < -0.39 is 5.91 Å². The minimum Gasteiger partial charge on any atom is -0.365 e. The molecule has 1 aliphatic rings. The van der Waals surface area contributed by atoms with Crippen LogP contribution in [0, 0.1) is 0 Å². The Hall–Kier alpha value is -1.66. The van der Waals surface area contributed by atoms with E-state index in [-0.39, 0.29) is 11.9 Å². The number of nitrogens with zero attached hydrogens (tertiary/aromatic N) is 1. The van der Waals surface area contributed by atoms with Gasteiger partial charge < -0.3 is 10.6 Å². The highest BCUT2D eigenvalue weighted by molar-refractivity contribution is 7.14. The van der Waals surface area contributed by atoms with Crippen molar-refractivity contribution in [2.75, 3.05) is 6.54 Å². The van der Waals surface area contributed by atoms with Crippen LogP contribution in [-0.2, 0) is 11.2 Å². The summed E-state index contributed by atoms with van der Waals surface area (Å²) in [7, 11) is 0. The summed E-state index contributed by atoms with van der Waals surface area (Å²) >= 11 is 3.10. The zero-order chi connectivity index (χ0) is 15.5. The fourth-order valence-corrected chi connectivity index (χ4v) is 4.57. The number of carbonyl (C=O) groups is 2. The van der Waals surface area contributed by atoms with Crippen molar-refractivity contribution < 1.29 is 9.59 Å². The van der Waals surface area contributed by atoms with Gasteiger partial charge in [0, 0.05) is 22.7 Å². The van der Waals surface area contributed by atoms with Gasteiger partial charge in [0.05, 0.1) is 10.9 Å². The van der Waals surface area contributed by atoms with E-state index in [0.717, 1.165) is 30.7 Å². The molecule has 6 heteroatoms. The Morgan fingerprint density at radius 3 is 2.86 bits per heavy atom. The molecule has 1 saturated heterocycles. The van der Waals surface area contributed by atoms with E-state index in [1.54, 1.807) is 17.4 Å². The van der Waals surface area contributed by atoms with Gasteiger partial charge in [0.25, 0.3) is 5.91 Å². The summed E-state index contributed by atoms with van der Waals surface area (Å²) in [5.74, 6) is -0.199. The minimum absolute atomic E-state index is 0.105. The SMILES string of the molecule is NC(=O)c1ccc([C@H]2CCCN2C(=O)CCc2cccs2)s1. The largest absolute Gasteiger partial charge is 0.365 e. The zero-order valence-electron chi connectivity index (χ0n) is 12.2. The second kappa shape index (κ2) is 6.62. The van der Waals surface area contributed by atoms with Crippen molar-refractivity contribution in [3.05, 3.63) is 44.3 Å². The van der Waals surface area contributed by atoms with E-state index in [0.29, 0.717) is 11.3 Å². The van der Waals surface area contributed by atoms with Gasteiger partial charge in [-0.3, -0.25) is 9.59 Å². The predicted octanol–water partition coefficient (Wildman–Crippen LogP) is 3.20. The first kappa shape index (κ1) is 15.2. The number of carbonyl (C=O) groups excluding carboxylic acids is 2. The zero-order valence-corrected chi connectivity index (χ0v) is 13.8. The van der Waals surface area contributed by atoms with Crippen molar-refractivity contribution in [3.63, 3.8) is 0 Å². The van der Waals surface area contributed by atoms with Gasteiger partial charge in [-0.15, -0.1) is 22.7 Å². The van der Waals surface area contributed by atoms with Crippen molar-refractivity contribution in [1.82, 2.24) is 4.90 Å². The van der Waals surface area contributed by atoms with E-state index in [1.165, 1.54) is 16.2 Å². The third-order valence-electron chi connectivity index (χ3n) is 3.94. The maximum absolute atomic E-state index is 12.5. The molecule has 0 aromatic carbocycles. The quantitative estimate of drug-likeness (QED) is 0.912. The number of hydrogen-bond donors (Lipinski definition) is 1. The first-order valence-corrected chi connectivity index (χ1v) is 9.06. The summed E-state index contributed by atoms with van der Waals surface area (Å²) in [4.78, 5) is 28.6. The number of hydrogen-bond acceptors (Lipinski definition) is 4. The van der Waals surface area contributed by atoms with Crippen molar-refractivity contribution >= 4 is 34.5 Å². The molecule has 0 unspecified atom stereocenters. The van der Waals surface area contributed by atoms with Gasteiger partial charge in [0.1, 0.15) is 0 Å². The van der Waals surface area contributed by atoms with Gasteiger partial charge in [0.2, 0.25) is 5.91 Å². The van der Waals surface area contributed by atoms with Crippen LogP contribution in [-0.4, -0.2) is 23.3 Å². The van der Waals surface area contributed by atoms with Crippen molar-refractivity contribution in [2.24, 2.45) is 5.73 Å². The molecule has 116 valence electrons. The van der Waals surface area contributed by atoms with Crippen LogP contribution in [0.2, 0.25) is 0 Å². The second-order valence-electron chi connectivity index (χ2n) is 5.39. The highest BCUT2D eigenvalue weighted by atomic mass is 32.1. The minimum atomic E-state index is -0.398. The molecule has 3 heterocycles. The molecule has 0 aliphatic carbocycles. The molecule has 0 spiro atoms. The van der Waals surface area contributed by atoms with Gasteiger partial charge in [-0.25, -0.2) is 0 Å². The molecule has 0 bridgehead atoms. The Kier molecular flexibility index (Phi) is 4.59. The molecule has 0 saturated carbocycles. The fraction of sp³-hybridized carbons (Fsp3) is 0.375. The first-order valence-electron chi connectivity index (χ1n) is 7.36. The van der Waals surface area contributed by atoms with E-state index in [1.807, 2.05) is 22.4 Å². The van der Waals surface area contributed by atoms with Crippen LogP contribution in [0.15, 0.2) is 29.6 Å². The van der Waals surface area contributed by atoms with Gasteiger partial charge in [-0.2, -0.15) is 0 Å². The number of primary amides is 1. The summed E-state index contributed by atoms with van der Waals surface area (Å²) in [6.45, 7) is 0.803. The lowest BCUT2D eigenvalue weighted by atomic mass is 10.1. The van der Waals surface area contributed by atoms with Gasteiger partial charge in [-0.1, -0.05) is 6.07 Å². The third-order valence-corrected chi connectivity index (χ3v) is 6.07. The molecule has 1 fully saturated rings. The van der Waals surface area contributed by atoms with Crippen LogP contribution in [0.1, 0.15) is 44.7 Å². The van der Waals surface area contributed by atoms with Crippen molar-refractivity contribution in [2.45, 2.75) is 31.7 Å². The molecule has 0 radical (unpaired) electrons. The average Bonchev–Trinajstić information content (AvgIpc) is 3.23. The molecule has 4 nitrogen and oxygen atoms in total. The molecule has 1 aliphatic heterocycles. The van der Waals surface area contributed by atoms with E-state index in [9.17, 15) is 9.59 Å². The molecule has 2 amide bonds. The molecular formula is C16H18N2O2S2. The summed E-state index contributed by atoms with van der Waals surface area (Å²) in [5, 5.41) is 2.04. The van der Waals surface area contributed by atoms with Gasteiger partial charge in [0.15, 0.2) is 0 Å². The standard InChI is InChI=1S/C16H18N2O2S2/c17-16(20)14-7-6-13(22-14)12-4-1-9-18(12)15(19)8-5-11-3-2-10-21-11/h2-3,6-7,10,12H,1,4-5,8-9H2,(H2,17,20)/t12-/m1/s1. The number of likely N-dealkylation sites (tertiary alicyclic amines) is 1. The lowest BCUT2D eigenvalue weighted by Gasteiger charge is -2.24. The van der Waals surface area contributed by atoms with E-state index in [4.69, 9.17) is 5.73 Å². The van der Waals surface area contributed by atoms with E-state index >= 15 is 0 Å². The normalized spacial score (nSPS) is 17.8. The Morgan fingerprint density at radius 1 is 1.32 bits per heavy atom. The molecule has 2 N–H and O–H groups in total. The number of aryl methyl sites for hydroxylation is 1. The summed E-state index contributed by atoms with van der Waals surface area (Å²) in [6.07, 6.45) is 3.32. The van der Waals surface area contributed by atoms with Crippen LogP contribution in [0.3, 0.4) is 0 Å². The lowest BCUT2D eigenvalue weighted by molar-refractivity contribution is -0.132. The lowest BCUT2D eigenvalue weighted by Crippen LogP contribution is -2.30. The topological polar surface area (TPSA) is 63.4 Å². The average molecular weight is 334 g/mol. The van der Waals surface area contributed by atoms with Crippen LogP contribution in [0.25, 0.3) is 0 Å². The Bertz CT molecular complexity index is 664. The molecule has 2 aromatic rings. The molecule has 3 rings (SSSR count). The highest BCUT2D eigenvalue weighted by Gasteiger charge is 2.30. The number of nitrogens with two attached hydrogens (primary N) is 1. The predicted molar refractivity (Wildman–Crippen MR) is 89.2 cm³/mol. The summed E-state index contributed by atoms with van der Waals surface area (Å²) in [6, 6.07) is 7.88. The smallest absolute Gasteiger partial charge is 0.258 e.